The second-order valence-electron chi connectivity index (χ2n) is 5.20. The van der Waals surface area contributed by atoms with Gasteiger partial charge in [0.2, 0.25) is 0 Å². The Hall–Kier alpha value is -1.05. The van der Waals surface area contributed by atoms with Gasteiger partial charge in [-0.2, -0.15) is 17.0 Å². The van der Waals surface area contributed by atoms with Crippen molar-refractivity contribution in [2.24, 2.45) is 0 Å². The Kier molecular flexibility index (Phi) is 2.84. The maximum atomic E-state index is 13.4. The molecule has 1 aromatic carbocycles. The lowest BCUT2D eigenvalue weighted by Crippen LogP contribution is -2.35. The van der Waals surface area contributed by atoms with E-state index in [9.17, 15) is 9.50 Å². The average molecular weight is 263 g/mol. The van der Waals surface area contributed by atoms with E-state index in [4.69, 9.17) is 5.26 Å². The third kappa shape index (κ3) is 1.92. The minimum absolute atomic E-state index is 0.386. The topological polar surface area (TPSA) is 44.0 Å². The van der Waals surface area contributed by atoms with Gasteiger partial charge in [0.05, 0.1) is 17.2 Å². The minimum atomic E-state index is -1.02. The molecule has 2 atom stereocenters. The highest BCUT2D eigenvalue weighted by Gasteiger charge is 2.45. The smallest absolute Gasteiger partial charge is 0.123 e. The summed E-state index contributed by atoms with van der Waals surface area (Å²) in [7, 11) is 0. The molecule has 2 nitrogen and oxygen atoms in total. The van der Waals surface area contributed by atoms with Crippen LogP contribution in [-0.4, -0.2) is 15.6 Å². The molecule has 1 aromatic rings. The summed E-state index contributed by atoms with van der Waals surface area (Å²) in [6.45, 7) is 0. The molecule has 4 heteroatoms. The van der Waals surface area contributed by atoms with E-state index in [0.29, 0.717) is 34.5 Å². The molecule has 94 valence electrons. The second-order valence-corrected chi connectivity index (χ2v) is 6.80. The van der Waals surface area contributed by atoms with Gasteiger partial charge in [-0.25, -0.2) is 4.39 Å². The molecule has 18 heavy (non-hydrogen) atoms. The van der Waals surface area contributed by atoms with Crippen molar-refractivity contribution in [2.45, 2.75) is 41.8 Å². The van der Waals surface area contributed by atoms with Crippen molar-refractivity contribution < 1.29 is 9.50 Å². The van der Waals surface area contributed by atoms with E-state index in [1.165, 1.54) is 18.2 Å². The van der Waals surface area contributed by atoms with Crippen LogP contribution in [0.5, 0.6) is 0 Å². The van der Waals surface area contributed by atoms with E-state index in [0.717, 1.165) is 12.8 Å². The average Bonchev–Trinajstić information content (AvgIpc) is 2.69. The predicted octanol–water partition coefficient (Wildman–Crippen LogP) is 2.94. The van der Waals surface area contributed by atoms with Crippen LogP contribution in [0.4, 0.5) is 4.39 Å². The van der Waals surface area contributed by atoms with Gasteiger partial charge < -0.3 is 5.11 Å². The normalized spacial score (nSPS) is 34.3. The molecule has 2 saturated heterocycles. The molecular weight excluding hydrogens is 249 g/mol. The zero-order valence-electron chi connectivity index (χ0n) is 9.90. The number of aliphatic hydroxyl groups is 1. The lowest BCUT2D eigenvalue weighted by Gasteiger charge is -2.36. The number of halogens is 1. The van der Waals surface area contributed by atoms with E-state index < -0.39 is 5.60 Å². The minimum Gasteiger partial charge on any atom is -0.385 e. The predicted molar refractivity (Wildman–Crippen MR) is 68.6 cm³/mol. The van der Waals surface area contributed by atoms with Crippen LogP contribution in [0, 0.1) is 17.1 Å². The molecule has 1 N–H and O–H groups in total. The van der Waals surface area contributed by atoms with Crippen molar-refractivity contribution in [3.05, 3.63) is 35.1 Å². The largest absolute Gasteiger partial charge is 0.385 e. The molecule has 0 amide bonds. The standard InChI is InChI=1S/C14H14FNOS/c15-10-2-1-9(8-16)13(5-10)14(17)6-11-3-4-12(7-14)18-11/h1-2,5,11-12,17H,3-4,6-7H2. The van der Waals surface area contributed by atoms with Gasteiger partial charge in [-0.1, -0.05) is 0 Å². The molecule has 0 aromatic heterocycles. The van der Waals surface area contributed by atoms with Gasteiger partial charge in [0.15, 0.2) is 0 Å². The van der Waals surface area contributed by atoms with Crippen LogP contribution in [0.3, 0.4) is 0 Å². The van der Waals surface area contributed by atoms with Gasteiger partial charge in [0.25, 0.3) is 0 Å². The van der Waals surface area contributed by atoms with Crippen molar-refractivity contribution in [1.29, 1.82) is 5.26 Å². The third-order valence-electron chi connectivity index (χ3n) is 3.93. The van der Waals surface area contributed by atoms with E-state index in [1.54, 1.807) is 0 Å². The monoisotopic (exact) mass is 263 g/mol. The Morgan fingerprint density at radius 1 is 1.33 bits per heavy atom. The van der Waals surface area contributed by atoms with Gasteiger partial charge >= 0.3 is 0 Å². The highest BCUT2D eigenvalue weighted by molar-refractivity contribution is 8.00. The van der Waals surface area contributed by atoms with E-state index in [1.807, 2.05) is 11.8 Å². The van der Waals surface area contributed by atoms with Crippen LogP contribution in [0.25, 0.3) is 0 Å². The van der Waals surface area contributed by atoms with E-state index >= 15 is 0 Å². The summed E-state index contributed by atoms with van der Waals surface area (Å²) in [5.41, 5.74) is -0.156. The molecular formula is C14H14FNOS. The maximum Gasteiger partial charge on any atom is 0.123 e. The van der Waals surface area contributed by atoms with Crippen molar-refractivity contribution in [2.75, 3.05) is 0 Å². The zero-order valence-corrected chi connectivity index (χ0v) is 10.7. The first kappa shape index (κ1) is 12.0. The molecule has 2 bridgehead atoms. The van der Waals surface area contributed by atoms with Crippen LogP contribution in [0.1, 0.15) is 36.8 Å². The number of hydrogen-bond donors (Lipinski definition) is 1. The van der Waals surface area contributed by atoms with Crippen LogP contribution < -0.4 is 0 Å². The quantitative estimate of drug-likeness (QED) is 0.847. The summed E-state index contributed by atoms with van der Waals surface area (Å²) < 4.78 is 13.4. The van der Waals surface area contributed by atoms with E-state index in [2.05, 4.69) is 6.07 Å². The molecule has 3 rings (SSSR count). The molecule has 2 fully saturated rings. The van der Waals surface area contributed by atoms with Crippen molar-refractivity contribution >= 4 is 11.8 Å². The molecule has 2 aliphatic heterocycles. The summed E-state index contributed by atoms with van der Waals surface area (Å²) in [4.78, 5) is 0. The first-order valence-corrected chi connectivity index (χ1v) is 7.13. The molecule has 2 unspecified atom stereocenters. The Morgan fingerprint density at radius 2 is 2.00 bits per heavy atom. The van der Waals surface area contributed by atoms with Crippen LogP contribution in [-0.2, 0) is 5.60 Å². The molecule has 0 aliphatic carbocycles. The number of benzene rings is 1. The Balaban J connectivity index is 2.03. The van der Waals surface area contributed by atoms with Crippen LogP contribution in [0.2, 0.25) is 0 Å². The molecule has 2 heterocycles. The number of nitrogens with zero attached hydrogens (tertiary/aromatic N) is 1. The van der Waals surface area contributed by atoms with Crippen LogP contribution >= 0.6 is 11.8 Å². The van der Waals surface area contributed by atoms with Gasteiger partial charge in [-0.15, -0.1) is 0 Å². The first-order valence-electron chi connectivity index (χ1n) is 6.19. The Morgan fingerprint density at radius 3 is 2.61 bits per heavy atom. The maximum absolute atomic E-state index is 13.4. The second kappa shape index (κ2) is 4.25. The number of rotatable bonds is 1. The molecule has 0 spiro atoms. The Labute approximate surface area is 110 Å². The van der Waals surface area contributed by atoms with Crippen LogP contribution in [0.15, 0.2) is 18.2 Å². The summed E-state index contributed by atoms with van der Waals surface area (Å²) in [6.07, 6.45) is 3.50. The van der Waals surface area contributed by atoms with Crippen molar-refractivity contribution in [3.63, 3.8) is 0 Å². The van der Waals surface area contributed by atoms with Gasteiger partial charge in [0, 0.05) is 16.1 Å². The SMILES string of the molecule is N#Cc1ccc(F)cc1C1(O)CC2CCC(C1)S2. The summed E-state index contributed by atoms with van der Waals surface area (Å²) in [5, 5.41) is 20.8. The molecule has 0 saturated carbocycles. The fraction of sp³-hybridized carbons (Fsp3) is 0.500. The van der Waals surface area contributed by atoms with Gasteiger partial charge in [0.1, 0.15) is 5.82 Å². The number of nitriles is 1. The number of hydrogen-bond acceptors (Lipinski definition) is 3. The fourth-order valence-electron chi connectivity index (χ4n) is 3.14. The highest BCUT2D eigenvalue weighted by atomic mass is 32.2. The lowest BCUT2D eigenvalue weighted by molar-refractivity contribution is 0.0191. The molecule has 0 radical (unpaired) electrons. The number of fused-ring (bicyclic) bond motifs is 2. The van der Waals surface area contributed by atoms with Gasteiger partial charge in [-0.05, 0) is 43.9 Å². The lowest BCUT2D eigenvalue weighted by atomic mass is 9.83. The summed E-state index contributed by atoms with van der Waals surface area (Å²) in [6, 6.07) is 6.13. The third-order valence-corrected chi connectivity index (χ3v) is 5.50. The zero-order chi connectivity index (χ0) is 12.8. The summed E-state index contributed by atoms with van der Waals surface area (Å²) in [5.74, 6) is -0.386. The van der Waals surface area contributed by atoms with Crippen molar-refractivity contribution in [3.8, 4) is 6.07 Å². The number of thioether (sulfide) groups is 1. The fourth-order valence-corrected chi connectivity index (χ4v) is 4.97. The Bertz CT molecular complexity index is 513. The first-order chi connectivity index (χ1) is 8.60. The summed E-state index contributed by atoms with van der Waals surface area (Å²) >= 11 is 1.93. The highest BCUT2D eigenvalue weighted by Crippen LogP contribution is 2.51. The van der Waals surface area contributed by atoms with Gasteiger partial charge in [-0.3, -0.25) is 0 Å². The van der Waals surface area contributed by atoms with Crippen molar-refractivity contribution in [1.82, 2.24) is 0 Å². The van der Waals surface area contributed by atoms with E-state index in [-0.39, 0.29) is 5.82 Å². The molecule has 2 aliphatic rings.